The fourth-order valence-electron chi connectivity index (χ4n) is 2.29. The molecule has 0 spiro atoms. The Kier molecular flexibility index (Phi) is 6.04. The van der Waals surface area contributed by atoms with Crippen LogP contribution in [0.1, 0.15) is 25.8 Å². The van der Waals surface area contributed by atoms with Crippen molar-refractivity contribution in [3.63, 3.8) is 0 Å². The standard InChI is InChI=1S/C14H22N2O3S.ClH/c1-10(2)19-14-5-4-13(8-11(14)3)20(17,18)16-7-6-12(15)9-16;/h4-5,8,10,12H,6-7,9,15H2,1-3H3;1H/t12-;/m1./s1. The summed E-state index contributed by atoms with van der Waals surface area (Å²) < 4.78 is 32.1. The van der Waals surface area contributed by atoms with E-state index in [2.05, 4.69) is 0 Å². The number of nitrogens with two attached hydrogens (primary N) is 1. The van der Waals surface area contributed by atoms with Gasteiger partial charge in [0.05, 0.1) is 11.0 Å². The fourth-order valence-corrected chi connectivity index (χ4v) is 3.89. The smallest absolute Gasteiger partial charge is 0.243 e. The van der Waals surface area contributed by atoms with Gasteiger partial charge in [0.1, 0.15) is 5.75 Å². The largest absolute Gasteiger partial charge is 0.491 e. The quantitative estimate of drug-likeness (QED) is 0.913. The second-order valence-electron chi connectivity index (χ2n) is 5.51. The highest BCUT2D eigenvalue weighted by atomic mass is 35.5. The van der Waals surface area contributed by atoms with E-state index in [0.717, 1.165) is 11.3 Å². The molecule has 1 atom stereocenters. The average Bonchev–Trinajstić information content (AvgIpc) is 2.78. The van der Waals surface area contributed by atoms with Gasteiger partial charge in [-0.15, -0.1) is 12.4 Å². The van der Waals surface area contributed by atoms with Gasteiger partial charge in [-0.05, 0) is 51.0 Å². The highest BCUT2D eigenvalue weighted by Crippen LogP contribution is 2.26. The molecule has 1 aliphatic heterocycles. The number of hydrogen-bond acceptors (Lipinski definition) is 4. The molecule has 21 heavy (non-hydrogen) atoms. The molecule has 1 aromatic carbocycles. The van der Waals surface area contributed by atoms with Gasteiger partial charge in [-0.1, -0.05) is 0 Å². The van der Waals surface area contributed by atoms with Gasteiger partial charge in [0.2, 0.25) is 10.0 Å². The summed E-state index contributed by atoms with van der Waals surface area (Å²) in [6.45, 7) is 6.62. The van der Waals surface area contributed by atoms with Crippen molar-refractivity contribution in [1.82, 2.24) is 4.31 Å². The van der Waals surface area contributed by atoms with E-state index < -0.39 is 10.0 Å². The molecule has 0 aliphatic carbocycles. The summed E-state index contributed by atoms with van der Waals surface area (Å²) in [4.78, 5) is 0.306. The predicted octanol–water partition coefficient (Wildman–Crippen LogP) is 1.93. The molecule has 0 unspecified atom stereocenters. The molecule has 1 aromatic rings. The Bertz CT molecular complexity index is 590. The molecule has 5 nitrogen and oxygen atoms in total. The Morgan fingerprint density at radius 3 is 2.52 bits per heavy atom. The third-order valence-electron chi connectivity index (χ3n) is 3.33. The first kappa shape index (κ1) is 18.2. The minimum Gasteiger partial charge on any atom is -0.491 e. The van der Waals surface area contributed by atoms with E-state index in [-0.39, 0.29) is 24.6 Å². The monoisotopic (exact) mass is 334 g/mol. The molecular formula is C14H23ClN2O3S. The van der Waals surface area contributed by atoms with Crippen LogP contribution in [0.5, 0.6) is 5.75 Å². The van der Waals surface area contributed by atoms with E-state index in [1.54, 1.807) is 18.2 Å². The van der Waals surface area contributed by atoms with Crippen LogP contribution in [-0.2, 0) is 10.0 Å². The van der Waals surface area contributed by atoms with Crippen molar-refractivity contribution in [3.05, 3.63) is 23.8 Å². The lowest BCUT2D eigenvalue weighted by Gasteiger charge is -2.18. The van der Waals surface area contributed by atoms with Crippen LogP contribution in [0.2, 0.25) is 0 Å². The summed E-state index contributed by atoms with van der Waals surface area (Å²) >= 11 is 0. The van der Waals surface area contributed by atoms with E-state index in [9.17, 15) is 8.42 Å². The van der Waals surface area contributed by atoms with Crippen LogP contribution in [-0.4, -0.2) is 38.0 Å². The van der Waals surface area contributed by atoms with Crippen molar-refractivity contribution in [2.45, 2.75) is 44.2 Å². The van der Waals surface area contributed by atoms with E-state index >= 15 is 0 Å². The van der Waals surface area contributed by atoms with Gasteiger partial charge in [-0.2, -0.15) is 4.31 Å². The molecule has 1 heterocycles. The van der Waals surface area contributed by atoms with E-state index in [1.165, 1.54) is 4.31 Å². The minimum absolute atomic E-state index is 0. The Hall–Kier alpha value is -0.820. The van der Waals surface area contributed by atoms with Gasteiger partial charge < -0.3 is 10.5 Å². The van der Waals surface area contributed by atoms with Crippen molar-refractivity contribution < 1.29 is 13.2 Å². The molecule has 0 amide bonds. The molecule has 0 aromatic heterocycles. The zero-order chi connectivity index (χ0) is 14.9. The molecule has 120 valence electrons. The minimum atomic E-state index is -3.44. The summed E-state index contributed by atoms with van der Waals surface area (Å²) in [5.74, 6) is 0.720. The number of hydrogen-bond donors (Lipinski definition) is 1. The van der Waals surface area contributed by atoms with Crippen LogP contribution < -0.4 is 10.5 Å². The first-order valence-electron chi connectivity index (χ1n) is 6.83. The third kappa shape index (κ3) is 4.10. The Morgan fingerprint density at radius 1 is 1.38 bits per heavy atom. The molecule has 2 N–H and O–H groups in total. The maximum Gasteiger partial charge on any atom is 0.243 e. The van der Waals surface area contributed by atoms with Crippen LogP contribution >= 0.6 is 12.4 Å². The number of aryl methyl sites for hydroxylation is 1. The number of benzene rings is 1. The van der Waals surface area contributed by atoms with Crippen LogP contribution in [0.15, 0.2) is 23.1 Å². The zero-order valence-electron chi connectivity index (χ0n) is 12.6. The van der Waals surface area contributed by atoms with Crippen LogP contribution in [0.4, 0.5) is 0 Å². The highest BCUT2D eigenvalue weighted by Gasteiger charge is 2.31. The lowest BCUT2D eigenvalue weighted by molar-refractivity contribution is 0.240. The van der Waals surface area contributed by atoms with Crippen LogP contribution in [0.25, 0.3) is 0 Å². The van der Waals surface area contributed by atoms with E-state index in [1.807, 2.05) is 20.8 Å². The van der Waals surface area contributed by atoms with Crippen molar-refractivity contribution in [2.75, 3.05) is 13.1 Å². The molecule has 0 saturated carbocycles. The molecule has 1 aliphatic rings. The topological polar surface area (TPSA) is 72.6 Å². The first-order chi connectivity index (χ1) is 9.30. The first-order valence-corrected chi connectivity index (χ1v) is 8.27. The summed E-state index contributed by atoms with van der Waals surface area (Å²) in [5, 5.41) is 0. The second kappa shape index (κ2) is 6.96. The summed E-state index contributed by atoms with van der Waals surface area (Å²) in [6, 6.07) is 4.92. The van der Waals surface area contributed by atoms with Gasteiger partial charge in [-0.25, -0.2) is 8.42 Å². The molecule has 1 saturated heterocycles. The highest BCUT2D eigenvalue weighted by molar-refractivity contribution is 7.89. The maximum atomic E-state index is 12.5. The Morgan fingerprint density at radius 2 is 2.05 bits per heavy atom. The van der Waals surface area contributed by atoms with Crippen LogP contribution in [0.3, 0.4) is 0 Å². The lowest BCUT2D eigenvalue weighted by atomic mass is 10.2. The van der Waals surface area contributed by atoms with Gasteiger partial charge in [-0.3, -0.25) is 0 Å². The van der Waals surface area contributed by atoms with Crippen molar-refractivity contribution in [1.29, 1.82) is 0 Å². The summed E-state index contributed by atoms with van der Waals surface area (Å²) in [5.41, 5.74) is 6.61. The summed E-state index contributed by atoms with van der Waals surface area (Å²) in [6.07, 6.45) is 0.778. The molecule has 0 radical (unpaired) electrons. The average molecular weight is 335 g/mol. The van der Waals surface area contributed by atoms with Crippen LogP contribution in [0, 0.1) is 6.92 Å². The van der Waals surface area contributed by atoms with Crippen molar-refractivity contribution in [2.24, 2.45) is 5.73 Å². The lowest BCUT2D eigenvalue weighted by Crippen LogP contribution is -2.32. The van der Waals surface area contributed by atoms with Gasteiger partial charge in [0, 0.05) is 19.1 Å². The number of nitrogens with zero attached hydrogens (tertiary/aromatic N) is 1. The Labute approximate surface area is 132 Å². The van der Waals surface area contributed by atoms with E-state index in [4.69, 9.17) is 10.5 Å². The maximum absolute atomic E-state index is 12.5. The molecule has 2 rings (SSSR count). The third-order valence-corrected chi connectivity index (χ3v) is 5.20. The zero-order valence-corrected chi connectivity index (χ0v) is 14.2. The molecule has 1 fully saturated rings. The molecular weight excluding hydrogens is 312 g/mol. The van der Waals surface area contributed by atoms with Gasteiger partial charge >= 0.3 is 0 Å². The number of halogens is 1. The van der Waals surface area contributed by atoms with Crippen molar-refractivity contribution >= 4 is 22.4 Å². The molecule has 0 bridgehead atoms. The Balaban J connectivity index is 0.00000220. The SMILES string of the molecule is Cc1cc(S(=O)(=O)N2CC[C@@H](N)C2)ccc1OC(C)C.Cl. The summed E-state index contributed by atoms with van der Waals surface area (Å²) in [7, 11) is -3.44. The number of rotatable bonds is 4. The number of sulfonamides is 1. The fraction of sp³-hybridized carbons (Fsp3) is 0.571. The van der Waals surface area contributed by atoms with Gasteiger partial charge in [0.25, 0.3) is 0 Å². The van der Waals surface area contributed by atoms with Crippen molar-refractivity contribution in [3.8, 4) is 5.75 Å². The predicted molar refractivity (Wildman–Crippen MR) is 85.5 cm³/mol. The van der Waals surface area contributed by atoms with E-state index in [0.29, 0.717) is 24.4 Å². The molecule has 7 heteroatoms. The van der Waals surface area contributed by atoms with Gasteiger partial charge in [0.15, 0.2) is 0 Å². The second-order valence-corrected chi connectivity index (χ2v) is 7.44. The normalized spacial score (nSPS) is 19.6. The number of ether oxygens (including phenoxy) is 1.